The second-order valence-electron chi connectivity index (χ2n) is 6.93. The molecule has 7 heteroatoms. The number of hydrogen-bond acceptors (Lipinski definition) is 5. The fourth-order valence-electron chi connectivity index (χ4n) is 3.46. The van der Waals surface area contributed by atoms with Crippen LogP contribution in [0.5, 0.6) is 11.5 Å². The van der Waals surface area contributed by atoms with Gasteiger partial charge in [0.1, 0.15) is 17.4 Å². The maximum atomic E-state index is 13.0. The Kier molecular flexibility index (Phi) is 5.66. The summed E-state index contributed by atoms with van der Waals surface area (Å²) in [6.45, 7) is -0.454. The minimum absolute atomic E-state index is 0.264. The summed E-state index contributed by atoms with van der Waals surface area (Å²) in [5, 5.41) is 5.16. The van der Waals surface area contributed by atoms with E-state index in [-0.39, 0.29) is 5.91 Å². The number of benzene rings is 3. The van der Waals surface area contributed by atoms with Crippen molar-refractivity contribution in [3.63, 3.8) is 0 Å². The first-order chi connectivity index (χ1) is 15.1. The summed E-state index contributed by atoms with van der Waals surface area (Å²) in [4.78, 5) is 37.0. The maximum Gasteiger partial charge on any atom is 0.318 e. The standard InChI is InChI=1S/C24H20N2O5/c1-25-23(28)15-7-6-8-16(13-15)26-21(27)14-30-24(29)22-17-9-2-4-11-19(17)31-20-12-5-3-10-18(20)22/h2-13,22H,14H2,1H3,(H,25,28)(H,26,27). The van der Waals surface area contributed by atoms with Crippen molar-refractivity contribution in [2.24, 2.45) is 0 Å². The molecule has 156 valence electrons. The molecule has 0 atom stereocenters. The molecule has 0 aromatic heterocycles. The van der Waals surface area contributed by atoms with E-state index in [1.54, 1.807) is 36.4 Å². The van der Waals surface area contributed by atoms with Crippen LogP contribution in [0.25, 0.3) is 0 Å². The number of nitrogens with one attached hydrogen (secondary N) is 2. The molecule has 0 bridgehead atoms. The SMILES string of the molecule is CNC(=O)c1cccc(NC(=O)COC(=O)C2c3ccccc3Oc3ccccc32)c1. The third-order valence-electron chi connectivity index (χ3n) is 4.90. The fourth-order valence-corrected chi connectivity index (χ4v) is 3.46. The number of carbonyl (C=O) groups excluding carboxylic acids is 3. The van der Waals surface area contributed by atoms with E-state index in [2.05, 4.69) is 10.6 Å². The van der Waals surface area contributed by atoms with Crippen LogP contribution in [0.1, 0.15) is 27.4 Å². The van der Waals surface area contributed by atoms with Gasteiger partial charge >= 0.3 is 5.97 Å². The van der Waals surface area contributed by atoms with Gasteiger partial charge in [-0.2, -0.15) is 0 Å². The molecule has 0 spiro atoms. The zero-order valence-corrected chi connectivity index (χ0v) is 16.8. The summed E-state index contributed by atoms with van der Waals surface area (Å²) in [5.41, 5.74) is 2.21. The van der Waals surface area contributed by atoms with Crippen molar-refractivity contribution in [3.8, 4) is 11.5 Å². The molecule has 3 aromatic carbocycles. The Balaban J connectivity index is 1.46. The number of amides is 2. The highest BCUT2D eigenvalue weighted by Crippen LogP contribution is 2.44. The normalized spacial score (nSPS) is 12.0. The summed E-state index contributed by atoms with van der Waals surface area (Å²) >= 11 is 0. The highest BCUT2D eigenvalue weighted by molar-refractivity contribution is 5.98. The third-order valence-corrected chi connectivity index (χ3v) is 4.90. The first-order valence-electron chi connectivity index (χ1n) is 9.71. The van der Waals surface area contributed by atoms with E-state index in [4.69, 9.17) is 9.47 Å². The topological polar surface area (TPSA) is 93.7 Å². The summed E-state index contributed by atoms with van der Waals surface area (Å²) < 4.78 is 11.2. The molecule has 0 aliphatic carbocycles. The average molecular weight is 416 g/mol. The highest BCUT2D eigenvalue weighted by atomic mass is 16.5. The van der Waals surface area contributed by atoms with E-state index >= 15 is 0 Å². The van der Waals surface area contributed by atoms with Gasteiger partial charge in [0, 0.05) is 29.4 Å². The molecule has 4 rings (SSSR count). The lowest BCUT2D eigenvalue weighted by molar-refractivity contribution is -0.148. The second kappa shape index (κ2) is 8.71. The van der Waals surface area contributed by atoms with Crippen LogP contribution in [0.3, 0.4) is 0 Å². The van der Waals surface area contributed by atoms with Gasteiger partial charge in [-0.15, -0.1) is 0 Å². The maximum absolute atomic E-state index is 13.0. The predicted molar refractivity (Wildman–Crippen MR) is 114 cm³/mol. The summed E-state index contributed by atoms with van der Waals surface area (Å²) in [6.07, 6.45) is 0. The monoisotopic (exact) mass is 416 g/mol. The Hall–Kier alpha value is -4.13. The van der Waals surface area contributed by atoms with Gasteiger partial charge in [0.25, 0.3) is 11.8 Å². The molecule has 0 saturated heterocycles. The molecule has 1 heterocycles. The molecule has 1 aliphatic rings. The number of ether oxygens (including phenoxy) is 2. The van der Waals surface area contributed by atoms with Crippen molar-refractivity contribution in [2.45, 2.75) is 5.92 Å². The van der Waals surface area contributed by atoms with Gasteiger partial charge in [0.05, 0.1) is 0 Å². The Bertz CT molecular complexity index is 1110. The van der Waals surface area contributed by atoms with Crippen LogP contribution in [-0.2, 0) is 14.3 Å². The van der Waals surface area contributed by atoms with Gasteiger partial charge in [-0.3, -0.25) is 14.4 Å². The van der Waals surface area contributed by atoms with Gasteiger partial charge in [-0.25, -0.2) is 0 Å². The third kappa shape index (κ3) is 4.25. The van der Waals surface area contributed by atoms with Crippen LogP contribution >= 0.6 is 0 Å². The molecule has 2 amide bonds. The number of hydrogen-bond donors (Lipinski definition) is 2. The Morgan fingerprint density at radius 3 is 2.19 bits per heavy atom. The van der Waals surface area contributed by atoms with Crippen LogP contribution < -0.4 is 15.4 Å². The van der Waals surface area contributed by atoms with Gasteiger partial charge in [0.2, 0.25) is 0 Å². The number of carbonyl (C=O) groups is 3. The van der Waals surface area contributed by atoms with E-state index in [0.29, 0.717) is 33.9 Å². The smallest absolute Gasteiger partial charge is 0.318 e. The van der Waals surface area contributed by atoms with Gasteiger partial charge in [-0.1, -0.05) is 42.5 Å². The van der Waals surface area contributed by atoms with Crippen molar-refractivity contribution < 1.29 is 23.9 Å². The first kappa shape index (κ1) is 20.2. The van der Waals surface area contributed by atoms with E-state index < -0.39 is 24.4 Å². The fraction of sp³-hybridized carbons (Fsp3) is 0.125. The number of rotatable bonds is 5. The molecule has 1 aliphatic heterocycles. The molecule has 3 aromatic rings. The summed E-state index contributed by atoms with van der Waals surface area (Å²) in [5.74, 6) is -0.837. The number of para-hydroxylation sites is 2. The van der Waals surface area contributed by atoms with E-state index in [9.17, 15) is 14.4 Å². The molecule has 0 saturated carbocycles. The lowest BCUT2D eigenvalue weighted by atomic mass is 9.88. The Labute approximate surface area is 179 Å². The van der Waals surface area contributed by atoms with Crippen LogP contribution in [0.15, 0.2) is 72.8 Å². The van der Waals surface area contributed by atoms with E-state index in [1.807, 2.05) is 36.4 Å². The molecule has 7 nitrogen and oxygen atoms in total. The van der Waals surface area contributed by atoms with Crippen molar-refractivity contribution in [2.75, 3.05) is 19.0 Å². The van der Waals surface area contributed by atoms with Crippen LogP contribution in [0.4, 0.5) is 5.69 Å². The molecular weight excluding hydrogens is 396 g/mol. The number of esters is 1. The average Bonchev–Trinajstić information content (AvgIpc) is 2.80. The van der Waals surface area contributed by atoms with Crippen molar-refractivity contribution in [1.82, 2.24) is 5.32 Å². The zero-order chi connectivity index (χ0) is 21.8. The minimum atomic E-state index is -0.689. The molecule has 2 N–H and O–H groups in total. The first-order valence-corrected chi connectivity index (χ1v) is 9.71. The van der Waals surface area contributed by atoms with Crippen molar-refractivity contribution in [3.05, 3.63) is 89.5 Å². The van der Waals surface area contributed by atoms with Crippen molar-refractivity contribution in [1.29, 1.82) is 0 Å². The van der Waals surface area contributed by atoms with Crippen LogP contribution in [0, 0.1) is 0 Å². The second-order valence-corrected chi connectivity index (χ2v) is 6.93. The van der Waals surface area contributed by atoms with Gasteiger partial charge in [0.15, 0.2) is 6.61 Å². The predicted octanol–water partition coefficient (Wildman–Crippen LogP) is 3.47. The van der Waals surface area contributed by atoms with Crippen LogP contribution in [0.2, 0.25) is 0 Å². The zero-order valence-electron chi connectivity index (χ0n) is 16.8. The lowest BCUT2D eigenvalue weighted by Gasteiger charge is -2.26. The van der Waals surface area contributed by atoms with E-state index in [1.165, 1.54) is 7.05 Å². The van der Waals surface area contributed by atoms with Gasteiger partial charge in [-0.05, 0) is 30.3 Å². The minimum Gasteiger partial charge on any atom is -0.457 e. The molecular formula is C24H20N2O5. The Morgan fingerprint density at radius 2 is 1.55 bits per heavy atom. The number of anilines is 1. The molecule has 31 heavy (non-hydrogen) atoms. The quantitative estimate of drug-likeness (QED) is 0.622. The highest BCUT2D eigenvalue weighted by Gasteiger charge is 2.33. The van der Waals surface area contributed by atoms with E-state index in [0.717, 1.165) is 0 Å². The lowest BCUT2D eigenvalue weighted by Crippen LogP contribution is -2.26. The largest absolute Gasteiger partial charge is 0.457 e. The van der Waals surface area contributed by atoms with Crippen molar-refractivity contribution >= 4 is 23.5 Å². The summed E-state index contributed by atoms with van der Waals surface area (Å²) in [7, 11) is 1.53. The molecule has 0 radical (unpaired) electrons. The van der Waals surface area contributed by atoms with Gasteiger partial charge < -0.3 is 20.1 Å². The van der Waals surface area contributed by atoms with Crippen LogP contribution in [-0.4, -0.2) is 31.4 Å². The molecule has 0 unspecified atom stereocenters. The number of fused-ring (bicyclic) bond motifs is 2. The summed E-state index contributed by atoms with van der Waals surface area (Å²) in [6, 6.07) is 21.0. The molecule has 0 fully saturated rings. The Morgan fingerprint density at radius 1 is 0.903 bits per heavy atom.